The fraction of sp³-hybridized carbons (Fsp3) is 0.250. The second-order valence-electron chi connectivity index (χ2n) is 5.19. The zero-order valence-electron chi connectivity index (χ0n) is 12.1. The first-order valence-corrected chi connectivity index (χ1v) is 7.49. The number of para-hydroxylation sites is 1. The topological polar surface area (TPSA) is 55.6 Å². The van der Waals surface area contributed by atoms with E-state index >= 15 is 0 Å². The molecule has 1 unspecified atom stereocenters. The maximum absolute atomic E-state index is 13.8. The van der Waals surface area contributed by atoms with Crippen LogP contribution in [0.4, 0.5) is 15.8 Å². The van der Waals surface area contributed by atoms with E-state index < -0.39 is 16.4 Å². The standard InChI is InChI=1S/C16H14ClFN2O3/c17-12-5-2-1-4-11(12)15-10-19(8-9-23-15)14-7-3-6-13(18)16(14)20(21)22/h1-7,15H,8-10H2. The van der Waals surface area contributed by atoms with Crippen molar-refractivity contribution in [3.63, 3.8) is 0 Å². The van der Waals surface area contributed by atoms with Gasteiger partial charge < -0.3 is 9.64 Å². The summed E-state index contributed by atoms with van der Waals surface area (Å²) < 4.78 is 19.6. The lowest BCUT2D eigenvalue weighted by atomic mass is 10.1. The summed E-state index contributed by atoms with van der Waals surface area (Å²) in [6.45, 7) is 1.20. The number of halogens is 2. The first-order valence-electron chi connectivity index (χ1n) is 7.12. The molecule has 2 aromatic carbocycles. The highest BCUT2D eigenvalue weighted by Crippen LogP contribution is 2.35. The molecule has 1 aliphatic heterocycles. The number of rotatable bonds is 3. The van der Waals surface area contributed by atoms with Crippen LogP contribution < -0.4 is 4.90 Å². The van der Waals surface area contributed by atoms with Gasteiger partial charge in [0.2, 0.25) is 5.82 Å². The number of hydrogen-bond donors (Lipinski definition) is 0. The number of nitro groups is 1. The molecule has 0 amide bonds. The van der Waals surface area contributed by atoms with Crippen molar-refractivity contribution < 1.29 is 14.1 Å². The van der Waals surface area contributed by atoms with E-state index in [2.05, 4.69) is 0 Å². The van der Waals surface area contributed by atoms with Crippen LogP contribution >= 0.6 is 11.6 Å². The largest absolute Gasteiger partial charge is 0.370 e. The minimum Gasteiger partial charge on any atom is -0.370 e. The van der Waals surface area contributed by atoms with Gasteiger partial charge in [-0.05, 0) is 18.2 Å². The van der Waals surface area contributed by atoms with Crippen LogP contribution in [0, 0.1) is 15.9 Å². The molecule has 2 aromatic rings. The van der Waals surface area contributed by atoms with E-state index in [-0.39, 0.29) is 11.8 Å². The van der Waals surface area contributed by atoms with Crippen molar-refractivity contribution in [2.24, 2.45) is 0 Å². The number of nitrogens with zero attached hydrogens (tertiary/aromatic N) is 2. The molecule has 0 saturated carbocycles. The lowest BCUT2D eigenvalue weighted by molar-refractivity contribution is -0.386. The van der Waals surface area contributed by atoms with Crippen molar-refractivity contribution in [3.05, 3.63) is 69.0 Å². The molecule has 1 heterocycles. The first-order chi connectivity index (χ1) is 11.1. The van der Waals surface area contributed by atoms with Gasteiger partial charge in [-0.25, -0.2) is 0 Å². The Bertz CT molecular complexity index is 741. The molecular weight excluding hydrogens is 323 g/mol. The van der Waals surface area contributed by atoms with Gasteiger partial charge in [-0.1, -0.05) is 35.9 Å². The summed E-state index contributed by atoms with van der Waals surface area (Å²) in [6.07, 6.45) is -0.319. The predicted octanol–water partition coefficient (Wildman–Crippen LogP) is 3.97. The molecule has 1 fully saturated rings. The van der Waals surface area contributed by atoms with E-state index in [9.17, 15) is 14.5 Å². The summed E-state index contributed by atoms with van der Waals surface area (Å²) in [7, 11) is 0. The van der Waals surface area contributed by atoms with E-state index in [1.165, 1.54) is 6.07 Å². The van der Waals surface area contributed by atoms with Crippen molar-refractivity contribution in [1.29, 1.82) is 0 Å². The van der Waals surface area contributed by atoms with Gasteiger partial charge in [-0.2, -0.15) is 4.39 Å². The molecule has 0 spiro atoms. The van der Waals surface area contributed by atoms with Crippen LogP contribution in [0.3, 0.4) is 0 Å². The Morgan fingerprint density at radius 1 is 1.26 bits per heavy atom. The third kappa shape index (κ3) is 3.13. The Morgan fingerprint density at radius 3 is 2.78 bits per heavy atom. The fourth-order valence-electron chi connectivity index (χ4n) is 2.73. The molecule has 1 saturated heterocycles. The van der Waals surface area contributed by atoms with Gasteiger partial charge >= 0.3 is 5.69 Å². The van der Waals surface area contributed by atoms with Gasteiger partial charge in [0.15, 0.2) is 0 Å². The second kappa shape index (κ2) is 6.52. The lowest BCUT2D eigenvalue weighted by Gasteiger charge is -2.34. The number of anilines is 1. The summed E-state index contributed by atoms with van der Waals surface area (Å²) in [5, 5.41) is 11.8. The van der Waals surface area contributed by atoms with E-state index in [4.69, 9.17) is 16.3 Å². The summed E-state index contributed by atoms with van der Waals surface area (Å²) in [6, 6.07) is 11.4. The predicted molar refractivity (Wildman–Crippen MR) is 85.4 cm³/mol. The van der Waals surface area contributed by atoms with Crippen LogP contribution in [0.15, 0.2) is 42.5 Å². The Hall–Kier alpha value is -2.18. The molecule has 1 aliphatic rings. The van der Waals surface area contributed by atoms with Crippen LogP contribution in [0.25, 0.3) is 0 Å². The average molecular weight is 337 g/mol. The quantitative estimate of drug-likeness (QED) is 0.628. The van der Waals surface area contributed by atoms with Crippen LogP contribution in [0.5, 0.6) is 0 Å². The van der Waals surface area contributed by atoms with E-state index in [1.54, 1.807) is 17.0 Å². The zero-order chi connectivity index (χ0) is 16.4. The molecule has 0 aliphatic carbocycles. The number of morpholine rings is 1. The summed E-state index contributed by atoms with van der Waals surface area (Å²) in [5.74, 6) is -0.840. The van der Waals surface area contributed by atoms with Crippen molar-refractivity contribution >= 4 is 23.0 Å². The zero-order valence-corrected chi connectivity index (χ0v) is 12.9. The molecule has 0 bridgehead atoms. The molecule has 0 radical (unpaired) electrons. The van der Waals surface area contributed by atoms with Crippen LogP contribution in [0.2, 0.25) is 5.02 Å². The van der Waals surface area contributed by atoms with Gasteiger partial charge in [0.1, 0.15) is 11.8 Å². The van der Waals surface area contributed by atoms with Crippen molar-refractivity contribution in [1.82, 2.24) is 0 Å². The van der Waals surface area contributed by atoms with Gasteiger partial charge in [0.05, 0.1) is 11.5 Å². The van der Waals surface area contributed by atoms with E-state index in [0.717, 1.165) is 11.6 Å². The van der Waals surface area contributed by atoms with Gasteiger partial charge in [0.25, 0.3) is 0 Å². The normalized spacial score (nSPS) is 18.0. The lowest BCUT2D eigenvalue weighted by Crippen LogP contribution is -2.38. The highest BCUT2D eigenvalue weighted by atomic mass is 35.5. The molecular formula is C16H14ClFN2O3. The van der Waals surface area contributed by atoms with Crippen molar-refractivity contribution in [3.8, 4) is 0 Å². The maximum Gasteiger partial charge on any atom is 0.327 e. The summed E-state index contributed by atoms with van der Waals surface area (Å²) >= 11 is 6.19. The Kier molecular flexibility index (Phi) is 4.45. The smallest absolute Gasteiger partial charge is 0.327 e. The van der Waals surface area contributed by atoms with Crippen LogP contribution in [-0.4, -0.2) is 24.6 Å². The van der Waals surface area contributed by atoms with E-state index in [1.807, 2.05) is 18.2 Å². The minimum absolute atomic E-state index is 0.260. The number of nitro benzene ring substituents is 1. The van der Waals surface area contributed by atoms with Gasteiger partial charge in [0, 0.05) is 23.7 Å². The number of benzene rings is 2. The number of hydrogen-bond acceptors (Lipinski definition) is 4. The maximum atomic E-state index is 13.8. The van der Waals surface area contributed by atoms with Gasteiger partial charge in [-0.3, -0.25) is 10.1 Å². The summed E-state index contributed by atoms with van der Waals surface area (Å²) in [5.41, 5.74) is 0.570. The molecule has 23 heavy (non-hydrogen) atoms. The average Bonchev–Trinajstić information content (AvgIpc) is 2.55. The molecule has 5 nitrogen and oxygen atoms in total. The molecule has 0 aromatic heterocycles. The van der Waals surface area contributed by atoms with Crippen LogP contribution in [0.1, 0.15) is 11.7 Å². The molecule has 120 valence electrons. The number of ether oxygens (including phenoxy) is 1. The monoisotopic (exact) mass is 336 g/mol. The van der Waals surface area contributed by atoms with Crippen molar-refractivity contribution in [2.75, 3.05) is 24.6 Å². The molecule has 7 heteroatoms. The van der Waals surface area contributed by atoms with Gasteiger partial charge in [-0.15, -0.1) is 0 Å². The Balaban J connectivity index is 1.92. The fourth-order valence-corrected chi connectivity index (χ4v) is 2.99. The van der Waals surface area contributed by atoms with Crippen LogP contribution in [-0.2, 0) is 4.74 Å². The molecule has 1 atom stereocenters. The molecule has 3 rings (SSSR count). The highest BCUT2D eigenvalue weighted by molar-refractivity contribution is 6.31. The van der Waals surface area contributed by atoms with Crippen molar-refractivity contribution in [2.45, 2.75) is 6.10 Å². The summed E-state index contributed by atoms with van der Waals surface area (Å²) in [4.78, 5) is 12.3. The Morgan fingerprint density at radius 2 is 2.04 bits per heavy atom. The Labute approximate surface area is 137 Å². The third-order valence-corrected chi connectivity index (χ3v) is 4.15. The second-order valence-corrected chi connectivity index (χ2v) is 5.60. The minimum atomic E-state index is -0.840. The molecule has 0 N–H and O–H groups in total. The third-order valence-electron chi connectivity index (χ3n) is 3.81. The highest BCUT2D eigenvalue weighted by Gasteiger charge is 2.29. The van der Waals surface area contributed by atoms with E-state index in [0.29, 0.717) is 24.7 Å². The SMILES string of the molecule is O=[N+]([O-])c1c(F)cccc1N1CCOC(c2ccccc2Cl)C1. The first kappa shape index (κ1) is 15.7.